The molecule has 7 heteroatoms. The van der Waals surface area contributed by atoms with E-state index >= 15 is 0 Å². The summed E-state index contributed by atoms with van der Waals surface area (Å²) in [6, 6.07) is 14.9. The van der Waals surface area contributed by atoms with Crippen LogP contribution in [0.15, 0.2) is 47.0 Å². The molecule has 4 rings (SSSR count). The molecule has 2 N–H and O–H groups in total. The molecule has 164 valence electrons. The van der Waals surface area contributed by atoms with E-state index in [4.69, 9.17) is 19.2 Å². The van der Waals surface area contributed by atoms with Crippen LogP contribution < -0.4 is 10.1 Å². The molecule has 1 aliphatic rings. The number of benzene rings is 2. The van der Waals surface area contributed by atoms with E-state index < -0.39 is 0 Å². The molecule has 0 atom stereocenters. The Hall–Kier alpha value is -3.19. The first kappa shape index (κ1) is 22.5. The zero-order chi connectivity index (χ0) is 22.2. The summed E-state index contributed by atoms with van der Waals surface area (Å²) in [7, 11) is 0. The van der Waals surface area contributed by atoms with Crippen LogP contribution in [-0.2, 0) is 11.3 Å². The molecule has 1 heterocycles. The van der Waals surface area contributed by atoms with Gasteiger partial charge in [-0.1, -0.05) is 23.7 Å². The number of nitrogens with zero attached hydrogens (tertiary/aromatic N) is 2. The minimum atomic E-state index is -0.250. The fraction of sp³-hybridized carbons (Fsp3) is 0.375. The van der Waals surface area contributed by atoms with Gasteiger partial charge in [-0.25, -0.2) is 0 Å². The van der Waals surface area contributed by atoms with Crippen LogP contribution in [0.3, 0.4) is 0 Å². The fourth-order valence-corrected chi connectivity index (χ4v) is 3.36. The molecular formula is C24H29N3O4. The summed E-state index contributed by atoms with van der Waals surface area (Å²) in [5.41, 5.74) is 4.31. The Morgan fingerprint density at radius 1 is 1.23 bits per heavy atom. The summed E-state index contributed by atoms with van der Waals surface area (Å²) in [5.74, 6) is 1.97. The average molecular weight is 424 g/mol. The topological polar surface area (TPSA) is 97.5 Å². The van der Waals surface area contributed by atoms with Gasteiger partial charge in [0.15, 0.2) is 0 Å². The highest BCUT2D eigenvalue weighted by atomic mass is 16.5. The summed E-state index contributed by atoms with van der Waals surface area (Å²) in [6.07, 6.45) is 4.10. The third-order valence-electron chi connectivity index (χ3n) is 5.13. The van der Waals surface area contributed by atoms with E-state index in [1.165, 1.54) is 24.8 Å². The van der Waals surface area contributed by atoms with E-state index in [2.05, 4.69) is 40.6 Å². The van der Waals surface area contributed by atoms with Crippen LogP contribution in [0.2, 0.25) is 0 Å². The molecule has 0 spiro atoms. The molecule has 0 unspecified atom stereocenters. The zero-order valence-electron chi connectivity index (χ0n) is 18.2. The summed E-state index contributed by atoms with van der Waals surface area (Å²) in [6.45, 7) is 6.77. The highest BCUT2D eigenvalue weighted by Gasteiger charge is 2.17. The first-order valence-electron chi connectivity index (χ1n) is 10.5. The van der Waals surface area contributed by atoms with Crippen LogP contribution >= 0.6 is 0 Å². The Morgan fingerprint density at radius 3 is 2.52 bits per heavy atom. The van der Waals surface area contributed by atoms with Gasteiger partial charge < -0.3 is 19.7 Å². The number of aryl methyl sites for hydroxylation is 1. The molecule has 0 aliphatic heterocycles. The Morgan fingerprint density at radius 2 is 1.94 bits per heavy atom. The van der Waals surface area contributed by atoms with Gasteiger partial charge in [-0.05, 0) is 75.1 Å². The van der Waals surface area contributed by atoms with Crippen molar-refractivity contribution in [3.8, 4) is 28.6 Å². The summed E-state index contributed by atoms with van der Waals surface area (Å²) >= 11 is 0. The number of hydrogen-bond donors (Lipinski definition) is 2. The largest absolute Gasteiger partial charge is 0.491 e. The third kappa shape index (κ3) is 6.15. The van der Waals surface area contributed by atoms with Gasteiger partial charge in [0.2, 0.25) is 5.82 Å². The predicted octanol–water partition coefficient (Wildman–Crippen LogP) is 4.84. The SMILES string of the molecule is Cc1cc(CNC2CCC2)ccc1-c1nc(-c2ccc(OC(C)C)cc2)no1.O=CO. The third-order valence-corrected chi connectivity index (χ3v) is 5.13. The van der Waals surface area contributed by atoms with Gasteiger partial charge in [-0.2, -0.15) is 4.98 Å². The van der Waals surface area contributed by atoms with Crippen molar-refractivity contribution in [2.24, 2.45) is 0 Å². The van der Waals surface area contributed by atoms with E-state index in [-0.39, 0.29) is 12.6 Å². The van der Waals surface area contributed by atoms with Gasteiger partial charge in [0.1, 0.15) is 5.75 Å². The number of hydrogen-bond acceptors (Lipinski definition) is 6. The van der Waals surface area contributed by atoms with Crippen LogP contribution in [0.25, 0.3) is 22.8 Å². The van der Waals surface area contributed by atoms with Crippen molar-refractivity contribution < 1.29 is 19.2 Å². The first-order valence-corrected chi connectivity index (χ1v) is 10.5. The van der Waals surface area contributed by atoms with Crippen molar-refractivity contribution in [3.05, 3.63) is 53.6 Å². The van der Waals surface area contributed by atoms with Crippen LogP contribution in [0.5, 0.6) is 5.75 Å². The van der Waals surface area contributed by atoms with Crippen molar-refractivity contribution in [2.75, 3.05) is 0 Å². The molecule has 0 radical (unpaired) electrons. The lowest BCUT2D eigenvalue weighted by Gasteiger charge is -2.26. The Bertz CT molecular complexity index is 979. The standard InChI is InChI=1S/C23H27N3O2.CH2O2/c1-15(2)27-20-10-8-18(9-11-20)22-25-23(28-26-22)21-12-7-17(13-16(21)3)14-24-19-5-4-6-19;2-1-3/h7-13,15,19,24H,4-6,14H2,1-3H3;1H,(H,2,3). The molecule has 1 fully saturated rings. The summed E-state index contributed by atoms with van der Waals surface area (Å²) in [4.78, 5) is 13.0. The number of carbonyl (C=O) groups is 1. The Balaban J connectivity index is 0.000000858. The average Bonchev–Trinajstić information content (AvgIpc) is 3.17. The van der Waals surface area contributed by atoms with Crippen LogP contribution in [0.4, 0.5) is 0 Å². The molecular weight excluding hydrogens is 394 g/mol. The molecule has 31 heavy (non-hydrogen) atoms. The Labute approximate surface area is 182 Å². The van der Waals surface area contributed by atoms with Gasteiger partial charge in [-0.15, -0.1) is 0 Å². The fourth-order valence-electron chi connectivity index (χ4n) is 3.36. The van der Waals surface area contributed by atoms with Gasteiger partial charge in [0.25, 0.3) is 12.4 Å². The smallest absolute Gasteiger partial charge is 0.290 e. The van der Waals surface area contributed by atoms with Crippen molar-refractivity contribution in [2.45, 2.75) is 58.7 Å². The van der Waals surface area contributed by atoms with Gasteiger partial charge >= 0.3 is 0 Å². The second kappa shape index (κ2) is 10.7. The van der Waals surface area contributed by atoms with Gasteiger partial charge in [0.05, 0.1) is 6.10 Å². The number of aromatic nitrogens is 2. The minimum absolute atomic E-state index is 0.150. The highest BCUT2D eigenvalue weighted by molar-refractivity contribution is 5.63. The number of ether oxygens (including phenoxy) is 1. The molecule has 1 aliphatic carbocycles. The molecule has 1 aromatic heterocycles. The molecule has 0 bridgehead atoms. The number of nitrogens with one attached hydrogen (secondary N) is 1. The lowest BCUT2D eigenvalue weighted by atomic mass is 9.93. The highest BCUT2D eigenvalue weighted by Crippen LogP contribution is 2.27. The van der Waals surface area contributed by atoms with Crippen molar-refractivity contribution >= 4 is 6.47 Å². The maximum absolute atomic E-state index is 8.36. The van der Waals surface area contributed by atoms with E-state index in [0.29, 0.717) is 17.8 Å². The zero-order valence-corrected chi connectivity index (χ0v) is 18.2. The minimum Gasteiger partial charge on any atom is -0.491 e. The van der Waals surface area contributed by atoms with E-state index in [1.54, 1.807) is 0 Å². The van der Waals surface area contributed by atoms with Crippen LogP contribution in [0, 0.1) is 6.92 Å². The normalized spacial score (nSPS) is 13.3. The monoisotopic (exact) mass is 423 g/mol. The molecule has 0 saturated heterocycles. The van der Waals surface area contributed by atoms with Crippen molar-refractivity contribution in [3.63, 3.8) is 0 Å². The lowest BCUT2D eigenvalue weighted by Crippen LogP contribution is -2.34. The number of rotatable bonds is 7. The number of carboxylic acid groups (broad SMARTS) is 1. The maximum Gasteiger partial charge on any atom is 0.290 e. The van der Waals surface area contributed by atoms with Gasteiger partial charge in [-0.3, -0.25) is 4.79 Å². The maximum atomic E-state index is 8.36. The second-order valence-corrected chi connectivity index (χ2v) is 7.88. The lowest BCUT2D eigenvalue weighted by molar-refractivity contribution is -0.122. The molecule has 3 aromatic rings. The Kier molecular flexibility index (Phi) is 7.78. The molecule has 7 nitrogen and oxygen atoms in total. The quantitative estimate of drug-likeness (QED) is 0.525. The summed E-state index contributed by atoms with van der Waals surface area (Å²) in [5, 5.41) is 14.6. The predicted molar refractivity (Wildman–Crippen MR) is 119 cm³/mol. The van der Waals surface area contributed by atoms with Crippen LogP contribution in [-0.4, -0.2) is 33.9 Å². The second-order valence-electron chi connectivity index (χ2n) is 7.88. The van der Waals surface area contributed by atoms with Crippen molar-refractivity contribution in [1.82, 2.24) is 15.5 Å². The molecule has 2 aromatic carbocycles. The molecule has 1 saturated carbocycles. The summed E-state index contributed by atoms with van der Waals surface area (Å²) < 4.78 is 11.2. The van der Waals surface area contributed by atoms with Gasteiger partial charge in [0, 0.05) is 23.7 Å². The molecule has 0 amide bonds. The van der Waals surface area contributed by atoms with E-state index in [0.717, 1.165) is 29.0 Å². The van der Waals surface area contributed by atoms with Crippen LogP contribution in [0.1, 0.15) is 44.2 Å². The van der Waals surface area contributed by atoms with Crippen molar-refractivity contribution in [1.29, 1.82) is 0 Å². The first-order chi connectivity index (χ1) is 15.0. The van der Waals surface area contributed by atoms with E-state index in [1.807, 2.05) is 38.1 Å². The van der Waals surface area contributed by atoms with E-state index in [9.17, 15) is 0 Å².